The first-order valence-electron chi connectivity index (χ1n) is 6.63. The van der Waals surface area contributed by atoms with Crippen LogP contribution in [0.3, 0.4) is 0 Å². The molecule has 0 aromatic carbocycles. The van der Waals surface area contributed by atoms with Crippen molar-refractivity contribution in [1.82, 2.24) is 5.32 Å². The maximum atomic E-state index is 11.8. The van der Waals surface area contributed by atoms with Crippen molar-refractivity contribution in [2.24, 2.45) is 11.1 Å². The summed E-state index contributed by atoms with van der Waals surface area (Å²) in [6.07, 6.45) is 8.65. The van der Waals surface area contributed by atoms with Gasteiger partial charge >= 0.3 is 0 Å². The van der Waals surface area contributed by atoms with Crippen LogP contribution < -0.4 is 11.1 Å². The van der Waals surface area contributed by atoms with Crippen LogP contribution in [0.25, 0.3) is 0 Å². The first-order valence-corrected chi connectivity index (χ1v) is 6.63. The highest BCUT2D eigenvalue weighted by Crippen LogP contribution is 2.47. The van der Waals surface area contributed by atoms with E-state index in [1.165, 1.54) is 32.1 Å². The van der Waals surface area contributed by atoms with Crippen LogP contribution in [0.2, 0.25) is 0 Å². The second kappa shape index (κ2) is 4.36. The number of hydrogen-bond acceptors (Lipinski definition) is 2. The zero-order valence-corrected chi connectivity index (χ0v) is 10.3. The molecular weight excluding hydrogens is 200 g/mol. The van der Waals surface area contributed by atoms with E-state index in [4.69, 9.17) is 5.73 Å². The quantitative estimate of drug-likeness (QED) is 0.750. The lowest BCUT2D eigenvalue weighted by Crippen LogP contribution is -2.43. The smallest absolute Gasteiger partial charge is 0.221 e. The summed E-state index contributed by atoms with van der Waals surface area (Å²) in [5, 5.41) is 3.07. The summed E-state index contributed by atoms with van der Waals surface area (Å²) >= 11 is 0. The highest BCUT2D eigenvalue weighted by atomic mass is 16.1. The van der Waals surface area contributed by atoms with E-state index in [9.17, 15) is 4.79 Å². The Kier molecular flexibility index (Phi) is 3.24. The average Bonchev–Trinajstić information content (AvgIpc) is 2.93. The highest BCUT2D eigenvalue weighted by molar-refractivity contribution is 5.77. The molecule has 3 N–H and O–H groups in total. The standard InChI is InChI=1S/C13H24N2O/c1-2-12(7-8-12)10-15-11(16)9-13(14)5-3-4-6-13/h2-10,14H2,1H3,(H,15,16). The molecule has 2 aliphatic carbocycles. The van der Waals surface area contributed by atoms with Crippen molar-refractivity contribution in [2.45, 2.75) is 63.8 Å². The van der Waals surface area contributed by atoms with Gasteiger partial charge in [0.15, 0.2) is 0 Å². The molecule has 0 radical (unpaired) electrons. The summed E-state index contributed by atoms with van der Waals surface area (Å²) in [6.45, 7) is 3.07. The molecule has 0 atom stereocenters. The fraction of sp³-hybridized carbons (Fsp3) is 0.923. The molecule has 3 heteroatoms. The van der Waals surface area contributed by atoms with Gasteiger partial charge in [0.05, 0.1) is 0 Å². The van der Waals surface area contributed by atoms with Gasteiger partial charge in [0.25, 0.3) is 0 Å². The topological polar surface area (TPSA) is 55.1 Å². The molecule has 0 aromatic rings. The van der Waals surface area contributed by atoms with E-state index in [0.29, 0.717) is 11.8 Å². The number of carbonyl (C=O) groups excluding carboxylic acids is 1. The van der Waals surface area contributed by atoms with Crippen molar-refractivity contribution in [3.05, 3.63) is 0 Å². The summed E-state index contributed by atoms with van der Waals surface area (Å²) in [5.74, 6) is 0.157. The number of hydrogen-bond donors (Lipinski definition) is 2. The van der Waals surface area contributed by atoms with Crippen molar-refractivity contribution in [3.63, 3.8) is 0 Å². The molecule has 16 heavy (non-hydrogen) atoms. The van der Waals surface area contributed by atoms with Crippen LogP contribution >= 0.6 is 0 Å². The second-order valence-corrected chi connectivity index (χ2v) is 5.88. The lowest BCUT2D eigenvalue weighted by atomic mass is 9.94. The van der Waals surface area contributed by atoms with Crippen LogP contribution in [0.15, 0.2) is 0 Å². The van der Waals surface area contributed by atoms with Gasteiger partial charge in [-0.1, -0.05) is 19.8 Å². The van der Waals surface area contributed by atoms with Gasteiger partial charge in [-0.15, -0.1) is 0 Å². The van der Waals surface area contributed by atoms with Crippen LogP contribution in [0.1, 0.15) is 58.3 Å². The maximum absolute atomic E-state index is 11.8. The zero-order chi connectivity index (χ0) is 11.6. The van der Waals surface area contributed by atoms with Gasteiger partial charge in [-0.3, -0.25) is 4.79 Å². The predicted octanol–water partition coefficient (Wildman–Crippen LogP) is 1.95. The van der Waals surface area contributed by atoms with E-state index in [1.54, 1.807) is 0 Å². The van der Waals surface area contributed by atoms with Gasteiger partial charge in [-0.2, -0.15) is 0 Å². The number of carbonyl (C=O) groups is 1. The van der Waals surface area contributed by atoms with Gasteiger partial charge in [0.1, 0.15) is 0 Å². The Labute approximate surface area is 98.2 Å². The summed E-state index contributed by atoms with van der Waals surface area (Å²) in [4.78, 5) is 11.8. The van der Waals surface area contributed by atoms with Crippen molar-refractivity contribution in [1.29, 1.82) is 0 Å². The number of rotatable bonds is 5. The number of amides is 1. The molecule has 1 amide bonds. The Morgan fingerprint density at radius 3 is 2.38 bits per heavy atom. The van der Waals surface area contributed by atoms with Gasteiger partial charge in [0.2, 0.25) is 5.91 Å². The van der Waals surface area contributed by atoms with Crippen LogP contribution in [0, 0.1) is 5.41 Å². The third kappa shape index (κ3) is 2.76. The monoisotopic (exact) mass is 224 g/mol. The minimum Gasteiger partial charge on any atom is -0.355 e. The molecule has 0 bridgehead atoms. The summed E-state index contributed by atoms with van der Waals surface area (Å²) in [7, 11) is 0. The Morgan fingerprint density at radius 2 is 1.88 bits per heavy atom. The van der Waals surface area contributed by atoms with Crippen molar-refractivity contribution >= 4 is 5.91 Å². The Bertz CT molecular complexity index is 265. The van der Waals surface area contributed by atoms with Gasteiger partial charge in [-0.25, -0.2) is 0 Å². The Balaban J connectivity index is 1.72. The lowest BCUT2D eigenvalue weighted by molar-refractivity contribution is -0.122. The van der Waals surface area contributed by atoms with E-state index in [1.807, 2.05) is 0 Å². The van der Waals surface area contributed by atoms with E-state index >= 15 is 0 Å². The molecule has 3 nitrogen and oxygen atoms in total. The Morgan fingerprint density at radius 1 is 1.25 bits per heavy atom. The first-order chi connectivity index (χ1) is 7.58. The summed E-state index contributed by atoms with van der Waals surface area (Å²) in [5.41, 5.74) is 6.42. The molecule has 0 heterocycles. The van der Waals surface area contributed by atoms with E-state index in [-0.39, 0.29) is 11.4 Å². The molecule has 0 unspecified atom stereocenters. The first kappa shape index (κ1) is 11.9. The Hall–Kier alpha value is -0.570. The summed E-state index contributed by atoms with van der Waals surface area (Å²) in [6, 6.07) is 0. The number of nitrogens with two attached hydrogens (primary N) is 1. The summed E-state index contributed by atoms with van der Waals surface area (Å²) < 4.78 is 0. The maximum Gasteiger partial charge on any atom is 0.221 e. The zero-order valence-electron chi connectivity index (χ0n) is 10.3. The van der Waals surface area contributed by atoms with Crippen LogP contribution in [0.5, 0.6) is 0 Å². The average molecular weight is 224 g/mol. The van der Waals surface area contributed by atoms with Crippen molar-refractivity contribution < 1.29 is 4.79 Å². The van der Waals surface area contributed by atoms with Crippen LogP contribution in [-0.2, 0) is 4.79 Å². The molecule has 0 spiro atoms. The van der Waals surface area contributed by atoms with Crippen LogP contribution in [-0.4, -0.2) is 18.0 Å². The largest absolute Gasteiger partial charge is 0.355 e. The van der Waals surface area contributed by atoms with Gasteiger partial charge < -0.3 is 11.1 Å². The highest BCUT2D eigenvalue weighted by Gasteiger charge is 2.41. The fourth-order valence-corrected chi connectivity index (χ4v) is 2.76. The van der Waals surface area contributed by atoms with Crippen molar-refractivity contribution in [3.8, 4) is 0 Å². The molecule has 2 rings (SSSR count). The third-order valence-electron chi connectivity index (χ3n) is 4.48. The molecule has 92 valence electrons. The van der Waals surface area contributed by atoms with Crippen LogP contribution in [0.4, 0.5) is 0 Å². The molecule has 2 aliphatic rings. The predicted molar refractivity (Wildman–Crippen MR) is 65.0 cm³/mol. The minimum absolute atomic E-state index is 0.157. The van der Waals surface area contributed by atoms with Crippen molar-refractivity contribution in [2.75, 3.05) is 6.54 Å². The SMILES string of the molecule is CCC1(CNC(=O)CC2(N)CCCC2)CC1. The molecule has 0 aromatic heterocycles. The van der Waals surface area contributed by atoms with Gasteiger partial charge in [0, 0.05) is 18.5 Å². The lowest BCUT2D eigenvalue weighted by Gasteiger charge is -2.23. The molecule has 0 saturated heterocycles. The van der Waals surface area contributed by atoms with Gasteiger partial charge in [-0.05, 0) is 37.5 Å². The third-order valence-corrected chi connectivity index (χ3v) is 4.48. The normalized spacial score (nSPS) is 25.4. The van der Waals surface area contributed by atoms with E-state index in [0.717, 1.165) is 19.4 Å². The molecular formula is C13H24N2O. The molecule has 2 saturated carbocycles. The van der Waals surface area contributed by atoms with E-state index in [2.05, 4.69) is 12.2 Å². The molecule has 2 fully saturated rings. The number of nitrogens with one attached hydrogen (secondary N) is 1. The minimum atomic E-state index is -0.201. The van der Waals surface area contributed by atoms with E-state index < -0.39 is 0 Å². The second-order valence-electron chi connectivity index (χ2n) is 5.88. The molecule has 0 aliphatic heterocycles. The fourth-order valence-electron chi connectivity index (χ4n) is 2.76.